The molecule has 0 amide bonds. The van der Waals surface area contributed by atoms with Crippen LogP contribution in [-0.2, 0) is 5.41 Å². The zero-order valence-electron chi connectivity index (χ0n) is 23.1. The number of aromatic nitrogens is 2. The molecule has 0 aliphatic carbocycles. The molecule has 3 aromatic rings. The van der Waals surface area contributed by atoms with Crippen molar-refractivity contribution in [2.75, 3.05) is 16.8 Å². The number of benzene rings is 2. The number of hydrogen-bond donors (Lipinski definition) is 0. The lowest BCUT2D eigenvalue weighted by Crippen LogP contribution is -2.61. The van der Waals surface area contributed by atoms with Crippen molar-refractivity contribution >= 4 is 17.2 Å². The van der Waals surface area contributed by atoms with Crippen molar-refractivity contribution in [3.8, 4) is 11.4 Å². The maximum Gasteiger partial charge on any atom is 0.162 e. The molecular formula is C32H40N4. The van der Waals surface area contributed by atoms with Gasteiger partial charge in [-0.05, 0) is 41.0 Å². The van der Waals surface area contributed by atoms with Gasteiger partial charge in [0.15, 0.2) is 11.6 Å². The molecule has 2 aromatic carbocycles. The minimum atomic E-state index is -0.0793. The minimum absolute atomic E-state index is 0.0614. The van der Waals surface area contributed by atoms with Crippen molar-refractivity contribution in [3.05, 3.63) is 78.0 Å². The molecule has 188 valence electrons. The van der Waals surface area contributed by atoms with Gasteiger partial charge in [-0.25, -0.2) is 9.97 Å². The molecule has 0 spiro atoms. The Bertz CT molecular complexity index is 1300. The van der Waals surface area contributed by atoms with Gasteiger partial charge in [-0.2, -0.15) is 0 Å². The number of rotatable bonds is 5. The standard InChI is InChI=1S/C32H40N4/c1-10-18-32(8)24-16-11-12-17-25(24)36-26-19-33-28(34-29(26)35(9)30(36)31(32,6)7)27-22(20(2)3)14-13-15-23(27)21(4)5/h10-17,19-21,30H,1,18H2,2-9H3. The first kappa shape index (κ1) is 24.5. The zero-order chi connectivity index (χ0) is 26.0. The third-order valence-electron chi connectivity index (χ3n) is 8.93. The van der Waals surface area contributed by atoms with Crippen molar-refractivity contribution in [3.63, 3.8) is 0 Å². The van der Waals surface area contributed by atoms with Gasteiger partial charge in [0.05, 0.1) is 6.20 Å². The first-order valence-corrected chi connectivity index (χ1v) is 13.3. The molecule has 4 nitrogen and oxygen atoms in total. The molecule has 5 rings (SSSR count). The molecule has 0 bridgehead atoms. The second kappa shape index (κ2) is 8.47. The third-order valence-corrected chi connectivity index (χ3v) is 8.93. The van der Waals surface area contributed by atoms with Crippen LogP contribution >= 0.6 is 0 Å². The Morgan fingerprint density at radius 1 is 0.944 bits per heavy atom. The summed E-state index contributed by atoms with van der Waals surface area (Å²) in [6, 6.07) is 15.5. The lowest BCUT2D eigenvalue weighted by atomic mass is 9.57. The fraction of sp³-hybridized carbons (Fsp3) is 0.438. The maximum atomic E-state index is 5.30. The summed E-state index contributed by atoms with van der Waals surface area (Å²) >= 11 is 0. The predicted molar refractivity (Wildman–Crippen MR) is 152 cm³/mol. The Hall–Kier alpha value is -3.14. The summed E-state index contributed by atoms with van der Waals surface area (Å²) < 4.78 is 0. The molecule has 2 unspecified atom stereocenters. The van der Waals surface area contributed by atoms with E-state index in [1.165, 1.54) is 27.9 Å². The molecule has 1 aromatic heterocycles. The quantitative estimate of drug-likeness (QED) is 0.345. The fourth-order valence-electron chi connectivity index (χ4n) is 6.66. The Morgan fingerprint density at radius 3 is 2.19 bits per heavy atom. The lowest BCUT2D eigenvalue weighted by Gasteiger charge is -2.57. The SMILES string of the molecule is C=CCC1(C)c2ccccc2N2c3cnc(-c4c(C(C)C)cccc4C(C)C)nc3N(C)C2C1(C)C. The average Bonchev–Trinajstić information content (AvgIpc) is 3.15. The highest BCUT2D eigenvalue weighted by molar-refractivity contribution is 5.85. The summed E-state index contributed by atoms with van der Waals surface area (Å²) in [6.07, 6.45) is 5.17. The summed E-state index contributed by atoms with van der Waals surface area (Å²) in [5.74, 6) is 2.62. The minimum Gasteiger partial charge on any atom is -0.337 e. The summed E-state index contributed by atoms with van der Waals surface area (Å²) in [7, 11) is 2.20. The molecule has 3 heterocycles. The van der Waals surface area contributed by atoms with Crippen LogP contribution in [0.4, 0.5) is 17.2 Å². The summed E-state index contributed by atoms with van der Waals surface area (Å²) in [5.41, 5.74) is 7.37. The molecule has 2 atom stereocenters. The Kier molecular flexibility index (Phi) is 5.77. The second-order valence-electron chi connectivity index (χ2n) is 11.9. The van der Waals surface area contributed by atoms with E-state index in [2.05, 4.69) is 127 Å². The van der Waals surface area contributed by atoms with Gasteiger partial charge < -0.3 is 9.80 Å². The molecule has 0 fully saturated rings. The van der Waals surface area contributed by atoms with Crippen LogP contribution in [0.2, 0.25) is 0 Å². The van der Waals surface area contributed by atoms with Crippen molar-refractivity contribution in [1.82, 2.24) is 9.97 Å². The topological polar surface area (TPSA) is 32.3 Å². The molecule has 36 heavy (non-hydrogen) atoms. The van der Waals surface area contributed by atoms with Crippen molar-refractivity contribution < 1.29 is 0 Å². The highest BCUT2D eigenvalue weighted by Crippen LogP contribution is 2.61. The van der Waals surface area contributed by atoms with E-state index in [0.29, 0.717) is 11.8 Å². The van der Waals surface area contributed by atoms with E-state index in [4.69, 9.17) is 9.97 Å². The first-order chi connectivity index (χ1) is 17.0. The van der Waals surface area contributed by atoms with Crippen LogP contribution in [0.1, 0.15) is 83.4 Å². The molecule has 2 aliphatic rings. The van der Waals surface area contributed by atoms with Crippen molar-refractivity contribution in [2.45, 2.75) is 78.3 Å². The fourth-order valence-corrected chi connectivity index (χ4v) is 6.66. The van der Waals surface area contributed by atoms with Crippen molar-refractivity contribution in [1.29, 1.82) is 0 Å². The average molecular weight is 481 g/mol. The van der Waals surface area contributed by atoms with E-state index >= 15 is 0 Å². The maximum absolute atomic E-state index is 5.30. The number of fused-ring (bicyclic) bond motifs is 5. The summed E-state index contributed by atoms with van der Waals surface area (Å²) in [5, 5.41) is 0. The highest BCUT2D eigenvalue weighted by atomic mass is 15.5. The Labute approximate surface area is 217 Å². The van der Waals surface area contributed by atoms with E-state index in [0.717, 1.165) is 23.8 Å². The van der Waals surface area contributed by atoms with E-state index in [1.807, 2.05) is 0 Å². The monoisotopic (exact) mass is 480 g/mol. The number of allylic oxidation sites excluding steroid dienone is 1. The molecule has 0 saturated carbocycles. The third kappa shape index (κ3) is 3.26. The van der Waals surface area contributed by atoms with Crippen LogP contribution in [-0.4, -0.2) is 23.2 Å². The van der Waals surface area contributed by atoms with Crippen LogP contribution in [0.3, 0.4) is 0 Å². The van der Waals surface area contributed by atoms with E-state index < -0.39 is 0 Å². The molecule has 4 heteroatoms. The van der Waals surface area contributed by atoms with E-state index in [1.54, 1.807) is 0 Å². The summed E-state index contributed by atoms with van der Waals surface area (Å²) in [4.78, 5) is 15.2. The van der Waals surface area contributed by atoms with Gasteiger partial charge in [0.2, 0.25) is 0 Å². The number of hydrogen-bond acceptors (Lipinski definition) is 4. The summed E-state index contributed by atoms with van der Waals surface area (Å²) in [6.45, 7) is 20.3. The van der Waals surface area contributed by atoms with Crippen LogP contribution in [0.5, 0.6) is 0 Å². The van der Waals surface area contributed by atoms with Crippen LogP contribution < -0.4 is 9.80 Å². The Balaban J connectivity index is 1.73. The molecular weight excluding hydrogens is 440 g/mol. The number of nitrogens with zero attached hydrogens (tertiary/aromatic N) is 4. The lowest BCUT2D eigenvalue weighted by molar-refractivity contribution is 0.129. The molecule has 0 radical (unpaired) electrons. The van der Waals surface area contributed by atoms with Crippen LogP contribution in [0, 0.1) is 5.41 Å². The normalized spacial score (nSPS) is 22.0. The molecule has 0 saturated heterocycles. The number of anilines is 3. The molecule has 0 N–H and O–H groups in total. The van der Waals surface area contributed by atoms with Gasteiger partial charge in [-0.15, -0.1) is 6.58 Å². The smallest absolute Gasteiger partial charge is 0.162 e. The van der Waals surface area contributed by atoms with E-state index in [9.17, 15) is 0 Å². The Morgan fingerprint density at radius 2 is 1.58 bits per heavy atom. The van der Waals surface area contributed by atoms with Crippen molar-refractivity contribution in [2.24, 2.45) is 5.41 Å². The molecule has 2 aliphatic heterocycles. The first-order valence-electron chi connectivity index (χ1n) is 13.3. The van der Waals surface area contributed by atoms with Gasteiger partial charge in [0, 0.05) is 29.1 Å². The largest absolute Gasteiger partial charge is 0.337 e. The highest BCUT2D eigenvalue weighted by Gasteiger charge is 2.58. The van der Waals surface area contributed by atoms with Crippen LogP contribution in [0.25, 0.3) is 11.4 Å². The van der Waals surface area contributed by atoms with Crippen LogP contribution in [0.15, 0.2) is 61.3 Å². The van der Waals surface area contributed by atoms with Gasteiger partial charge in [-0.3, -0.25) is 0 Å². The number of para-hydroxylation sites is 1. The predicted octanol–water partition coefficient (Wildman–Crippen LogP) is 8.18. The van der Waals surface area contributed by atoms with E-state index in [-0.39, 0.29) is 17.0 Å². The van der Waals surface area contributed by atoms with Gasteiger partial charge in [0.1, 0.15) is 11.9 Å². The zero-order valence-corrected chi connectivity index (χ0v) is 23.1. The van der Waals surface area contributed by atoms with Gasteiger partial charge >= 0.3 is 0 Å². The van der Waals surface area contributed by atoms with Gasteiger partial charge in [0.25, 0.3) is 0 Å². The van der Waals surface area contributed by atoms with Gasteiger partial charge in [-0.1, -0.05) is 90.9 Å². The second-order valence-corrected chi connectivity index (χ2v) is 11.9.